The average molecular weight is 456 g/mol. The molecule has 1 saturated carbocycles. The van der Waals surface area contributed by atoms with Gasteiger partial charge in [-0.15, -0.1) is 0 Å². The smallest absolute Gasteiger partial charge is 0.426 e. The third kappa shape index (κ3) is 4.88. The third-order valence-electron chi connectivity index (χ3n) is 5.30. The summed E-state index contributed by atoms with van der Waals surface area (Å²) in [5, 5.41) is 0. The monoisotopic (exact) mass is 456 g/mol. The van der Waals surface area contributed by atoms with Crippen molar-refractivity contribution >= 4 is 5.97 Å². The lowest BCUT2D eigenvalue weighted by Gasteiger charge is -2.41. The molecule has 174 valence electrons. The van der Waals surface area contributed by atoms with E-state index in [1.165, 1.54) is 32.9 Å². The molecule has 0 N–H and O–H groups in total. The number of halogens is 9. The number of rotatable bonds is 5. The summed E-state index contributed by atoms with van der Waals surface area (Å²) in [6.45, 7) is 2.28. The van der Waals surface area contributed by atoms with Crippen LogP contribution in [0.25, 0.3) is 0 Å². The fourth-order valence-corrected chi connectivity index (χ4v) is 4.19. The molecule has 30 heavy (non-hydrogen) atoms. The van der Waals surface area contributed by atoms with E-state index in [-0.39, 0.29) is 6.42 Å². The normalized spacial score (nSPS) is 27.6. The number of ether oxygens (including phenoxy) is 2. The maximum Gasteiger partial charge on any atom is 0.426 e. The van der Waals surface area contributed by atoms with E-state index < -0.39 is 72.4 Å². The van der Waals surface area contributed by atoms with E-state index in [1.54, 1.807) is 0 Å². The van der Waals surface area contributed by atoms with E-state index in [0.29, 0.717) is 0 Å². The number of alkyl halides is 9. The highest BCUT2D eigenvalue weighted by Gasteiger charge is 2.74. The van der Waals surface area contributed by atoms with Gasteiger partial charge in [-0.05, 0) is 51.4 Å². The van der Waals surface area contributed by atoms with Crippen molar-refractivity contribution in [2.45, 2.75) is 63.3 Å². The van der Waals surface area contributed by atoms with Crippen LogP contribution in [0, 0.1) is 23.7 Å². The molecule has 0 aliphatic heterocycles. The molecule has 2 aliphatic rings. The van der Waals surface area contributed by atoms with Gasteiger partial charge >= 0.3 is 24.5 Å². The molecule has 0 aromatic rings. The molecule has 4 atom stereocenters. The van der Waals surface area contributed by atoms with E-state index in [1.807, 2.05) is 0 Å². The molecule has 2 bridgehead atoms. The molecular weight excluding hydrogens is 435 g/mol. The second-order valence-corrected chi connectivity index (χ2v) is 8.58. The predicted molar refractivity (Wildman–Crippen MR) is 85.0 cm³/mol. The molecule has 12 heteroatoms. The zero-order valence-electron chi connectivity index (χ0n) is 16.2. The van der Waals surface area contributed by atoms with Crippen molar-refractivity contribution in [3.8, 4) is 0 Å². The van der Waals surface area contributed by atoms with Crippen LogP contribution in [0.3, 0.4) is 0 Å². The van der Waals surface area contributed by atoms with E-state index >= 15 is 0 Å². The third-order valence-corrected chi connectivity index (χ3v) is 5.30. The van der Waals surface area contributed by atoms with Crippen molar-refractivity contribution in [2.75, 3.05) is 6.61 Å². The number of esters is 1. The first-order chi connectivity index (χ1) is 13.3. The topological polar surface area (TPSA) is 35.5 Å². The van der Waals surface area contributed by atoms with E-state index in [9.17, 15) is 44.3 Å². The van der Waals surface area contributed by atoms with E-state index in [0.717, 1.165) is 0 Å². The Kier molecular flexibility index (Phi) is 6.28. The molecule has 0 heterocycles. The summed E-state index contributed by atoms with van der Waals surface area (Å²) in [4.78, 5) is 11.7. The van der Waals surface area contributed by atoms with Gasteiger partial charge in [0.15, 0.2) is 0 Å². The SMILES string of the molecule is CC(C)(C)OC(=O)COC(CC1C2C=CC(C2)C1C(F)(F)F)(C(F)(F)F)C(F)(F)F. The first-order valence-electron chi connectivity index (χ1n) is 9.03. The van der Waals surface area contributed by atoms with Crippen molar-refractivity contribution in [3.63, 3.8) is 0 Å². The van der Waals surface area contributed by atoms with Crippen LogP contribution < -0.4 is 0 Å². The molecule has 0 saturated heterocycles. The van der Waals surface area contributed by atoms with Gasteiger partial charge in [0, 0.05) is 0 Å². The van der Waals surface area contributed by atoms with Gasteiger partial charge in [-0.2, -0.15) is 39.5 Å². The minimum atomic E-state index is -6.12. The number of hydrogen-bond donors (Lipinski definition) is 0. The van der Waals surface area contributed by atoms with E-state index in [2.05, 4.69) is 9.47 Å². The van der Waals surface area contributed by atoms with Crippen LogP contribution in [-0.2, 0) is 14.3 Å². The quantitative estimate of drug-likeness (QED) is 0.307. The Morgan fingerprint density at radius 3 is 1.83 bits per heavy atom. The average Bonchev–Trinajstić information content (AvgIpc) is 3.06. The highest BCUT2D eigenvalue weighted by Crippen LogP contribution is 2.60. The maximum atomic E-state index is 13.7. The summed E-state index contributed by atoms with van der Waals surface area (Å²) in [7, 11) is 0. The zero-order valence-corrected chi connectivity index (χ0v) is 16.2. The van der Waals surface area contributed by atoms with Gasteiger partial charge in [-0.1, -0.05) is 12.2 Å². The molecule has 2 aliphatic carbocycles. The van der Waals surface area contributed by atoms with Gasteiger partial charge in [-0.3, -0.25) is 0 Å². The minimum Gasteiger partial charge on any atom is -0.458 e. The summed E-state index contributed by atoms with van der Waals surface area (Å²) in [5.74, 6) is -8.15. The van der Waals surface area contributed by atoms with Gasteiger partial charge in [0.1, 0.15) is 12.2 Å². The molecule has 0 spiro atoms. The maximum absolute atomic E-state index is 13.7. The fourth-order valence-electron chi connectivity index (χ4n) is 4.19. The molecule has 4 unspecified atom stereocenters. The molecule has 0 aromatic heterocycles. The van der Waals surface area contributed by atoms with Crippen molar-refractivity contribution in [2.24, 2.45) is 23.7 Å². The molecule has 3 nitrogen and oxygen atoms in total. The number of hydrogen-bond acceptors (Lipinski definition) is 3. The van der Waals surface area contributed by atoms with Crippen molar-refractivity contribution < 1.29 is 53.8 Å². The Morgan fingerprint density at radius 2 is 1.40 bits per heavy atom. The fraction of sp³-hybridized carbons (Fsp3) is 0.833. The number of carbonyl (C=O) groups is 1. The van der Waals surface area contributed by atoms with Gasteiger partial charge in [0.25, 0.3) is 5.60 Å². The summed E-state index contributed by atoms with van der Waals surface area (Å²) in [6, 6.07) is 0. The number of carbonyl (C=O) groups excluding carboxylic acids is 1. The van der Waals surface area contributed by atoms with Crippen molar-refractivity contribution in [1.82, 2.24) is 0 Å². The number of fused-ring (bicyclic) bond motifs is 2. The van der Waals surface area contributed by atoms with Crippen LogP contribution in [0.1, 0.15) is 33.6 Å². The first kappa shape index (κ1) is 24.8. The minimum absolute atomic E-state index is 0.188. The highest BCUT2D eigenvalue weighted by molar-refractivity contribution is 5.71. The molecule has 2 rings (SSSR count). The van der Waals surface area contributed by atoms with Crippen LogP contribution in [0.5, 0.6) is 0 Å². The van der Waals surface area contributed by atoms with Gasteiger partial charge < -0.3 is 9.47 Å². The highest BCUT2D eigenvalue weighted by atomic mass is 19.4. The second-order valence-electron chi connectivity index (χ2n) is 8.58. The molecule has 0 aromatic carbocycles. The Bertz CT molecular complexity index is 656. The summed E-state index contributed by atoms with van der Waals surface area (Å²) in [6.07, 6.45) is -17.0. The Balaban J connectivity index is 2.39. The van der Waals surface area contributed by atoms with Crippen LogP contribution in [-0.4, -0.2) is 42.3 Å². The molecule has 1 fully saturated rings. The Labute approximate surface area is 166 Å². The second kappa shape index (κ2) is 7.59. The molecule has 0 radical (unpaired) electrons. The van der Waals surface area contributed by atoms with Gasteiger partial charge in [-0.25, -0.2) is 4.79 Å². The van der Waals surface area contributed by atoms with Crippen molar-refractivity contribution in [1.29, 1.82) is 0 Å². The standard InChI is InChI=1S/C18H21F9O3/c1-14(2,3)30-12(28)8-29-15(17(22,23)24,18(25,26)27)7-11-9-4-5-10(6-9)13(11)16(19,20)21/h4-5,9-11,13H,6-8H2,1-3H3. The van der Waals surface area contributed by atoms with Crippen LogP contribution >= 0.6 is 0 Å². The van der Waals surface area contributed by atoms with E-state index in [4.69, 9.17) is 0 Å². The Hall–Kier alpha value is -1.46. The van der Waals surface area contributed by atoms with Gasteiger partial charge in [0.05, 0.1) is 5.92 Å². The van der Waals surface area contributed by atoms with Gasteiger partial charge in [0.2, 0.25) is 0 Å². The van der Waals surface area contributed by atoms with Crippen molar-refractivity contribution in [3.05, 3.63) is 12.2 Å². The zero-order chi connectivity index (χ0) is 23.3. The molecular formula is C18H21F9O3. The Morgan fingerprint density at radius 1 is 0.900 bits per heavy atom. The lowest BCUT2D eigenvalue weighted by atomic mass is 9.75. The van der Waals surface area contributed by atoms with Crippen LogP contribution in [0.4, 0.5) is 39.5 Å². The first-order valence-corrected chi connectivity index (χ1v) is 9.03. The van der Waals surface area contributed by atoms with Crippen LogP contribution in [0.15, 0.2) is 12.2 Å². The molecule has 0 amide bonds. The largest absolute Gasteiger partial charge is 0.458 e. The van der Waals surface area contributed by atoms with Crippen LogP contribution in [0.2, 0.25) is 0 Å². The number of allylic oxidation sites excluding steroid dienone is 2. The summed E-state index contributed by atoms with van der Waals surface area (Å²) < 4.78 is 131. The lowest BCUT2D eigenvalue weighted by molar-refractivity contribution is -0.386. The lowest BCUT2D eigenvalue weighted by Crippen LogP contribution is -2.61. The summed E-state index contributed by atoms with van der Waals surface area (Å²) in [5.41, 5.74) is -6.15. The summed E-state index contributed by atoms with van der Waals surface area (Å²) >= 11 is 0. The predicted octanol–water partition coefficient (Wildman–Crippen LogP) is 5.60.